The highest BCUT2D eigenvalue weighted by Crippen LogP contribution is 2.28. The average molecular weight is 374 g/mol. The van der Waals surface area contributed by atoms with Gasteiger partial charge in [-0.1, -0.05) is 0 Å². The van der Waals surface area contributed by atoms with Crippen LogP contribution in [-0.4, -0.2) is 59.2 Å². The van der Waals surface area contributed by atoms with Crippen LogP contribution in [0.3, 0.4) is 0 Å². The standard InChI is InChI=1S/C19H23FN4O3/c1-12-11-21-13(2)18(22-12)24-6-4-23(5-7-24)17(19(25)26)14-8-15(20)10-16(9-14)27-3/h8-11,17H,4-7H2,1-3H3,(H,25,26). The van der Waals surface area contributed by atoms with Gasteiger partial charge >= 0.3 is 5.97 Å². The average Bonchev–Trinajstić information content (AvgIpc) is 2.64. The Morgan fingerprint density at radius 1 is 1.22 bits per heavy atom. The zero-order chi connectivity index (χ0) is 19.6. The number of carboxylic acids is 1. The number of rotatable bonds is 5. The lowest BCUT2D eigenvalue weighted by Gasteiger charge is -2.38. The predicted octanol–water partition coefficient (Wildman–Crippen LogP) is 2.19. The smallest absolute Gasteiger partial charge is 0.325 e. The molecule has 0 spiro atoms. The van der Waals surface area contributed by atoms with Crippen molar-refractivity contribution in [1.82, 2.24) is 14.9 Å². The molecule has 0 amide bonds. The van der Waals surface area contributed by atoms with Gasteiger partial charge in [0.05, 0.1) is 18.5 Å². The summed E-state index contributed by atoms with van der Waals surface area (Å²) in [4.78, 5) is 24.8. The maximum absolute atomic E-state index is 13.9. The molecule has 8 heteroatoms. The Morgan fingerprint density at radius 2 is 1.93 bits per heavy atom. The first kappa shape index (κ1) is 19.0. The molecule has 1 aliphatic heterocycles. The molecule has 1 aromatic heterocycles. The van der Waals surface area contributed by atoms with Gasteiger partial charge in [-0.25, -0.2) is 9.37 Å². The number of aliphatic carboxylic acids is 1. The Kier molecular flexibility index (Phi) is 5.55. The van der Waals surface area contributed by atoms with E-state index in [9.17, 15) is 14.3 Å². The van der Waals surface area contributed by atoms with Crippen molar-refractivity contribution in [3.05, 3.63) is 47.2 Å². The highest BCUT2D eigenvalue weighted by molar-refractivity contribution is 5.76. The highest BCUT2D eigenvalue weighted by Gasteiger charge is 2.31. The van der Waals surface area contributed by atoms with Crippen molar-refractivity contribution in [3.63, 3.8) is 0 Å². The van der Waals surface area contributed by atoms with Crippen LogP contribution >= 0.6 is 0 Å². The number of aryl methyl sites for hydroxylation is 2. The number of benzene rings is 1. The lowest BCUT2D eigenvalue weighted by molar-refractivity contribution is -0.143. The van der Waals surface area contributed by atoms with Crippen LogP contribution in [0.1, 0.15) is 23.0 Å². The van der Waals surface area contributed by atoms with Gasteiger partial charge in [0.25, 0.3) is 0 Å². The van der Waals surface area contributed by atoms with E-state index in [-0.39, 0.29) is 0 Å². The van der Waals surface area contributed by atoms with Crippen LogP contribution in [0.2, 0.25) is 0 Å². The number of hydrogen-bond acceptors (Lipinski definition) is 6. The Bertz CT molecular complexity index is 838. The van der Waals surface area contributed by atoms with Crippen molar-refractivity contribution in [2.24, 2.45) is 0 Å². The van der Waals surface area contributed by atoms with Gasteiger partial charge in [-0.15, -0.1) is 0 Å². The van der Waals surface area contributed by atoms with Crippen molar-refractivity contribution < 1.29 is 19.0 Å². The molecule has 0 bridgehead atoms. The minimum Gasteiger partial charge on any atom is -0.497 e. The molecule has 7 nitrogen and oxygen atoms in total. The molecule has 2 aromatic rings. The molecule has 0 radical (unpaired) electrons. The molecule has 144 valence electrons. The fraction of sp³-hybridized carbons (Fsp3) is 0.421. The third kappa shape index (κ3) is 4.16. The zero-order valence-corrected chi connectivity index (χ0v) is 15.6. The zero-order valence-electron chi connectivity index (χ0n) is 15.6. The minimum absolute atomic E-state index is 0.306. The number of aromatic nitrogens is 2. The van der Waals surface area contributed by atoms with Gasteiger partial charge in [0.15, 0.2) is 0 Å². The Balaban J connectivity index is 1.79. The van der Waals surface area contributed by atoms with Crippen LogP contribution in [-0.2, 0) is 4.79 Å². The summed E-state index contributed by atoms with van der Waals surface area (Å²) < 4.78 is 18.9. The molecule has 2 heterocycles. The number of piperazine rings is 1. The lowest BCUT2D eigenvalue weighted by Crippen LogP contribution is -2.49. The van der Waals surface area contributed by atoms with E-state index >= 15 is 0 Å². The van der Waals surface area contributed by atoms with Crippen LogP contribution in [0.4, 0.5) is 10.2 Å². The van der Waals surface area contributed by atoms with Gasteiger partial charge in [-0.2, -0.15) is 0 Å². The van der Waals surface area contributed by atoms with Gasteiger partial charge in [0.1, 0.15) is 23.4 Å². The summed E-state index contributed by atoms with van der Waals surface area (Å²) >= 11 is 0. The van der Waals surface area contributed by atoms with E-state index in [2.05, 4.69) is 14.9 Å². The van der Waals surface area contributed by atoms with Crippen LogP contribution < -0.4 is 9.64 Å². The molecule has 0 aliphatic carbocycles. The molecular weight excluding hydrogens is 351 g/mol. The third-order valence-electron chi connectivity index (χ3n) is 4.71. The minimum atomic E-state index is -1.01. The van der Waals surface area contributed by atoms with Gasteiger partial charge < -0.3 is 14.7 Å². The van der Waals surface area contributed by atoms with Crippen molar-refractivity contribution >= 4 is 11.8 Å². The molecule has 1 aliphatic rings. The molecule has 1 unspecified atom stereocenters. The quantitative estimate of drug-likeness (QED) is 0.859. The van der Waals surface area contributed by atoms with E-state index in [0.717, 1.165) is 17.2 Å². The summed E-state index contributed by atoms with van der Waals surface area (Å²) in [6, 6.07) is 3.13. The molecule has 1 saturated heterocycles. The van der Waals surface area contributed by atoms with Crippen LogP contribution in [0.25, 0.3) is 0 Å². The number of carbonyl (C=O) groups is 1. The van der Waals surface area contributed by atoms with E-state index in [1.165, 1.54) is 19.2 Å². The topological polar surface area (TPSA) is 78.8 Å². The summed E-state index contributed by atoms with van der Waals surface area (Å²) in [7, 11) is 1.43. The second-order valence-electron chi connectivity index (χ2n) is 6.61. The molecule has 0 saturated carbocycles. The molecule has 1 fully saturated rings. The normalized spacial score (nSPS) is 16.2. The third-order valence-corrected chi connectivity index (χ3v) is 4.71. The van der Waals surface area contributed by atoms with E-state index in [1.807, 2.05) is 18.7 Å². The monoisotopic (exact) mass is 374 g/mol. The van der Waals surface area contributed by atoms with Gasteiger partial charge in [0, 0.05) is 38.4 Å². The van der Waals surface area contributed by atoms with Gasteiger partial charge in [0.2, 0.25) is 0 Å². The number of carboxylic acid groups (broad SMARTS) is 1. The first-order valence-corrected chi connectivity index (χ1v) is 8.75. The van der Waals surface area contributed by atoms with Crippen molar-refractivity contribution in [3.8, 4) is 5.75 Å². The molecule has 3 rings (SSSR count). The summed E-state index contributed by atoms with van der Waals surface area (Å²) in [6.07, 6.45) is 1.73. The summed E-state index contributed by atoms with van der Waals surface area (Å²) in [5.74, 6) is -0.392. The number of halogens is 1. The predicted molar refractivity (Wildman–Crippen MR) is 98.6 cm³/mol. The number of ether oxygens (including phenoxy) is 1. The summed E-state index contributed by atoms with van der Waals surface area (Å²) in [5.41, 5.74) is 2.06. The van der Waals surface area contributed by atoms with Gasteiger partial charge in [-0.05, 0) is 31.5 Å². The molecule has 1 aromatic carbocycles. The van der Waals surface area contributed by atoms with Crippen molar-refractivity contribution in [2.45, 2.75) is 19.9 Å². The number of methoxy groups -OCH3 is 1. The van der Waals surface area contributed by atoms with Gasteiger partial charge in [-0.3, -0.25) is 14.7 Å². The Hall–Kier alpha value is -2.74. The maximum Gasteiger partial charge on any atom is 0.325 e. The second-order valence-corrected chi connectivity index (χ2v) is 6.61. The maximum atomic E-state index is 13.9. The first-order valence-electron chi connectivity index (χ1n) is 8.75. The highest BCUT2D eigenvalue weighted by atomic mass is 19.1. The van der Waals surface area contributed by atoms with E-state index < -0.39 is 17.8 Å². The van der Waals surface area contributed by atoms with Crippen molar-refractivity contribution in [1.29, 1.82) is 0 Å². The SMILES string of the molecule is COc1cc(F)cc(C(C(=O)O)N2CCN(c3nc(C)cnc3C)CC2)c1. The summed E-state index contributed by atoms with van der Waals surface area (Å²) in [5, 5.41) is 9.76. The molecule has 27 heavy (non-hydrogen) atoms. The fourth-order valence-corrected chi connectivity index (χ4v) is 3.39. The number of nitrogens with zero attached hydrogens (tertiary/aromatic N) is 4. The van der Waals surface area contributed by atoms with Crippen LogP contribution in [0.5, 0.6) is 5.75 Å². The lowest BCUT2D eigenvalue weighted by atomic mass is 10.0. The molecule has 1 N–H and O–H groups in total. The van der Waals surface area contributed by atoms with Crippen LogP contribution in [0, 0.1) is 19.7 Å². The molecule has 1 atom stereocenters. The molecular formula is C19H23FN4O3. The number of anilines is 1. The Labute approximate surface area is 157 Å². The van der Waals surface area contributed by atoms with E-state index in [4.69, 9.17) is 4.74 Å². The number of hydrogen-bond donors (Lipinski definition) is 1. The second kappa shape index (κ2) is 7.87. The first-order chi connectivity index (χ1) is 12.9. The van der Waals surface area contributed by atoms with E-state index in [0.29, 0.717) is 37.5 Å². The summed E-state index contributed by atoms with van der Waals surface area (Å²) in [6.45, 7) is 6.08. The van der Waals surface area contributed by atoms with Crippen molar-refractivity contribution in [2.75, 3.05) is 38.2 Å². The Morgan fingerprint density at radius 3 is 2.56 bits per heavy atom. The van der Waals surface area contributed by atoms with E-state index in [1.54, 1.807) is 12.3 Å². The largest absolute Gasteiger partial charge is 0.497 e. The fourth-order valence-electron chi connectivity index (χ4n) is 3.39. The van der Waals surface area contributed by atoms with Crippen LogP contribution in [0.15, 0.2) is 24.4 Å².